The van der Waals surface area contributed by atoms with Crippen molar-refractivity contribution >= 4 is 22.5 Å². The third kappa shape index (κ3) is 4.10. The molecule has 0 unspecified atom stereocenters. The number of aryl methyl sites for hydroxylation is 2. The van der Waals surface area contributed by atoms with Crippen LogP contribution in [0.3, 0.4) is 0 Å². The lowest BCUT2D eigenvalue weighted by Crippen LogP contribution is -2.15. The number of carbonyl (C=O) groups is 1. The maximum absolute atomic E-state index is 12.1. The number of ether oxygens (including phenoxy) is 1. The highest BCUT2D eigenvalue weighted by atomic mass is 16.5. The quantitative estimate of drug-likeness (QED) is 0.764. The van der Waals surface area contributed by atoms with Gasteiger partial charge in [-0.2, -0.15) is 0 Å². The Bertz CT molecular complexity index is 854. The summed E-state index contributed by atoms with van der Waals surface area (Å²) in [6.07, 6.45) is 1.96. The van der Waals surface area contributed by atoms with Gasteiger partial charge >= 0.3 is 0 Å². The van der Waals surface area contributed by atoms with E-state index in [0.29, 0.717) is 18.7 Å². The van der Waals surface area contributed by atoms with E-state index < -0.39 is 0 Å². The van der Waals surface area contributed by atoms with Crippen LogP contribution in [0, 0.1) is 13.8 Å². The van der Waals surface area contributed by atoms with Gasteiger partial charge in [-0.3, -0.25) is 9.78 Å². The first kappa shape index (κ1) is 16.0. The van der Waals surface area contributed by atoms with Gasteiger partial charge in [0, 0.05) is 5.39 Å². The van der Waals surface area contributed by atoms with Crippen LogP contribution in [0.4, 0.5) is 5.69 Å². The van der Waals surface area contributed by atoms with Crippen LogP contribution in [-0.4, -0.2) is 17.5 Å². The molecule has 1 N–H and O–H groups in total. The third-order valence-corrected chi connectivity index (χ3v) is 3.67. The van der Waals surface area contributed by atoms with Crippen LogP contribution in [0.5, 0.6) is 5.75 Å². The van der Waals surface area contributed by atoms with Crippen LogP contribution >= 0.6 is 0 Å². The van der Waals surface area contributed by atoms with Crippen molar-refractivity contribution in [3.8, 4) is 5.75 Å². The molecule has 1 amide bonds. The average molecular weight is 320 g/mol. The Hall–Kier alpha value is -2.88. The molecule has 0 saturated heterocycles. The number of pyridine rings is 1. The van der Waals surface area contributed by atoms with E-state index in [9.17, 15) is 4.79 Å². The predicted octanol–water partition coefficient (Wildman–Crippen LogP) is 4.26. The molecule has 122 valence electrons. The zero-order valence-electron chi connectivity index (χ0n) is 13.9. The van der Waals surface area contributed by atoms with Gasteiger partial charge in [0.15, 0.2) is 0 Å². The first-order valence-electron chi connectivity index (χ1n) is 7.96. The van der Waals surface area contributed by atoms with Gasteiger partial charge in [-0.15, -0.1) is 0 Å². The first-order chi connectivity index (χ1) is 11.6. The summed E-state index contributed by atoms with van der Waals surface area (Å²) in [4.78, 5) is 16.4. The number of nitrogens with zero attached hydrogens (tertiary/aromatic N) is 1. The maximum Gasteiger partial charge on any atom is 0.227 e. The molecule has 0 fully saturated rings. The second-order valence-electron chi connectivity index (χ2n) is 5.89. The summed E-state index contributed by atoms with van der Waals surface area (Å²) in [5.41, 5.74) is 3.91. The zero-order chi connectivity index (χ0) is 16.9. The number of rotatable bonds is 5. The first-order valence-corrected chi connectivity index (χ1v) is 7.96. The minimum absolute atomic E-state index is 0.0866. The van der Waals surface area contributed by atoms with Crippen molar-refractivity contribution < 1.29 is 9.53 Å². The Balaban J connectivity index is 1.55. The summed E-state index contributed by atoms with van der Waals surface area (Å²) >= 11 is 0. The van der Waals surface area contributed by atoms with Gasteiger partial charge < -0.3 is 10.1 Å². The van der Waals surface area contributed by atoms with E-state index in [1.807, 2.05) is 56.3 Å². The normalized spacial score (nSPS) is 10.6. The fourth-order valence-electron chi connectivity index (χ4n) is 2.64. The second-order valence-corrected chi connectivity index (χ2v) is 5.89. The van der Waals surface area contributed by atoms with E-state index in [1.54, 1.807) is 6.20 Å². The Kier molecular flexibility index (Phi) is 4.75. The molecule has 4 nitrogen and oxygen atoms in total. The molecule has 4 heteroatoms. The summed E-state index contributed by atoms with van der Waals surface area (Å²) < 4.78 is 5.67. The molecule has 0 spiro atoms. The lowest BCUT2D eigenvalue weighted by molar-refractivity contribution is -0.116. The number of amides is 1. The Morgan fingerprint density at radius 2 is 1.83 bits per heavy atom. The number of benzene rings is 2. The molecule has 1 heterocycles. The van der Waals surface area contributed by atoms with Crippen molar-refractivity contribution in [1.29, 1.82) is 0 Å². The highest BCUT2D eigenvalue weighted by molar-refractivity contribution is 5.93. The lowest BCUT2D eigenvalue weighted by Gasteiger charge is -2.09. The van der Waals surface area contributed by atoms with Crippen molar-refractivity contribution in [2.45, 2.75) is 20.3 Å². The van der Waals surface area contributed by atoms with Crippen molar-refractivity contribution in [2.24, 2.45) is 0 Å². The van der Waals surface area contributed by atoms with Gasteiger partial charge in [0.1, 0.15) is 5.75 Å². The van der Waals surface area contributed by atoms with E-state index in [-0.39, 0.29) is 5.91 Å². The van der Waals surface area contributed by atoms with Gasteiger partial charge in [0.25, 0.3) is 0 Å². The van der Waals surface area contributed by atoms with E-state index >= 15 is 0 Å². The van der Waals surface area contributed by atoms with E-state index in [1.165, 1.54) is 0 Å². The van der Waals surface area contributed by atoms with Gasteiger partial charge in [0.2, 0.25) is 5.91 Å². The Morgan fingerprint density at radius 3 is 2.62 bits per heavy atom. The largest absolute Gasteiger partial charge is 0.493 e. The summed E-state index contributed by atoms with van der Waals surface area (Å²) in [5, 5.41) is 3.86. The van der Waals surface area contributed by atoms with Crippen LogP contribution in [0.15, 0.2) is 54.7 Å². The van der Waals surface area contributed by atoms with Crippen molar-refractivity contribution in [1.82, 2.24) is 4.98 Å². The molecule has 3 rings (SSSR count). The number of carbonyl (C=O) groups excluding carboxylic acids is 1. The lowest BCUT2D eigenvalue weighted by atomic mass is 10.1. The van der Waals surface area contributed by atoms with E-state index in [2.05, 4.69) is 16.4 Å². The zero-order valence-corrected chi connectivity index (χ0v) is 13.9. The Morgan fingerprint density at radius 1 is 1.08 bits per heavy atom. The van der Waals surface area contributed by atoms with Crippen LogP contribution < -0.4 is 10.1 Å². The minimum atomic E-state index is -0.0866. The summed E-state index contributed by atoms with van der Waals surface area (Å²) in [7, 11) is 0. The summed E-state index contributed by atoms with van der Waals surface area (Å²) in [6.45, 7) is 4.40. The highest BCUT2D eigenvalue weighted by Crippen LogP contribution is 2.17. The number of hydrogen-bond donors (Lipinski definition) is 1. The van der Waals surface area contributed by atoms with Gasteiger partial charge in [-0.25, -0.2) is 0 Å². The molecule has 24 heavy (non-hydrogen) atoms. The number of hydrogen-bond acceptors (Lipinski definition) is 3. The molecular formula is C20H20N2O2. The predicted molar refractivity (Wildman–Crippen MR) is 96.4 cm³/mol. The third-order valence-electron chi connectivity index (χ3n) is 3.67. The standard InChI is InChI=1S/C20H20N2O2/c1-14-9-15(2)11-18(10-14)24-8-7-20(23)22-17-12-16-5-3-4-6-19(16)21-13-17/h3-6,9-13H,7-8H2,1-2H3,(H,22,23). The van der Waals surface area contributed by atoms with E-state index in [0.717, 1.165) is 27.8 Å². The molecule has 1 aromatic heterocycles. The van der Waals surface area contributed by atoms with Crippen LogP contribution in [-0.2, 0) is 4.79 Å². The molecule has 2 aromatic carbocycles. The molecule has 3 aromatic rings. The summed E-state index contributed by atoms with van der Waals surface area (Å²) in [6, 6.07) is 15.8. The van der Waals surface area contributed by atoms with Crippen LogP contribution in [0.25, 0.3) is 10.9 Å². The molecule has 0 radical (unpaired) electrons. The van der Waals surface area contributed by atoms with Crippen LogP contribution in [0.2, 0.25) is 0 Å². The topological polar surface area (TPSA) is 51.2 Å². The monoisotopic (exact) mass is 320 g/mol. The van der Waals surface area contributed by atoms with Crippen molar-refractivity contribution in [3.63, 3.8) is 0 Å². The smallest absolute Gasteiger partial charge is 0.227 e. The number of para-hydroxylation sites is 1. The van der Waals surface area contributed by atoms with Gasteiger partial charge in [-0.1, -0.05) is 24.3 Å². The molecule has 0 aliphatic rings. The number of fused-ring (bicyclic) bond motifs is 1. The van der Waals surface area contributed by atoms with Crippen LogP contribution in [0.1, 0.15) is 17.5 Å². The fraction of sp³-hybridized carbons (Fsp3) is 0.200. The molecule has 0 aliphatic heterocycles. The van der Waals surface area contributed by atoms with Gasteiger partial charge in [-0.05, 0) is 49.2 Å². The minimum Gasteiger partial charge on any atom is -0.493 e. The molecular weight excluding hydrogens is 300 g/mol. The number of nitrogens with one attached hydrogen (secondary N) is 1. The van der Waals surface area contributed by atoms with Crippen molar-refractivity contribution in [3.05, 3.63) is 65.9 Å². The van der Waals surface area contributed by atoms with Gasteiger partial charge in [0.05, 0.1) is 30.4 Å². The molecule has 0 aliphatic carbocycles. The second kappa shape index (κ2) is 7.13. The SMILES string of the molecule is Cc1cc(C)cc(OCCC(=O)Nc2cnc3ccccc3c2)c1. The maximum atomic E-state index is 12.1. The number of aromatic nitrogens is 1. The molecule has 0 saturated carbocycles. The van der Waals surface area contributed by atoms with Crippen molar-refractivity contribution in [2.75, 3.05) is 11.9 Å². The average Bonchev–Trinajstić information content (AvgIpc) is 2.54. The molecule has 0 atom stereocenters. The number of anilines is 1. The highest BCUT2D eigenvalue weighted by Gasteiger charge is 2.05. The molecule has 0 bridgehead atoms. The Labute approximate surface area is 141 Å². The van der Waals surface area contributed by atoms with E-state index in [4.69, 9.17) is 4.74 Å². The summed E-state index contributed by atoms with van der Waals surface area (Å²) in [5.74, 6) is 0.712. The fourth-order valence-corrected chi connectivity index (χ4v) is 2.64.